The van der Waals surface area contributed by atoms with Gasteiger partial charge in [0.15, 0.2) is 0 Å². The molecule has 0 bridgehead atoms. The lowest BCUT2D eigenvalue weighted by Crippen LogP contribution is -2.24. The van der Waals surface area contributed by atoms with Crippen LogP contribution in [0.1, 0.15) is 29.7 Å². The van der Waals surface area contributed by atoms with Gasteiger partial charge in [0.05, 0.1) is 6.54 Å². The molecule has 0 aliphatic heterocycles. The summed E-state index contributed by atoms with van der Waals surface area (Å²) in [4.78, 5) is 0. The molecule has 2 aromatic rings. The van der Waals surface area contributed by atoms with E-state index < -0.39 is 0 Å². The van der Waals surface area contributed by atoms with Gasteiger partial charge in [-0.2, -0.15) is 5.10 Å². The van der Waals surface area contributed by atoms with E-state index in [0.29, 0.717) is 6.04 Å². The number of rotatable bonds is 5. The fraction of sp³-hybridized carbons (Fsp3) is 0.400. The first-order valence-corrected chi connectivity index (χ1v) is 6.45. The third kappa shape index (κ3) is 3.20. The van der Waals surface area contributed by atoms with Crippen LogP contribution in [0.25, 0.3) is 0 Å². The maximum atomic E-state index is 4.19. The number of hydrogen-bond acceptors (Lipinski definition) is 2. The fourth-order valence-electron chi connectivity index (χ4n) is 2.16. The molecule has 18 heavy (non-hydrogen) atoms. The highest BCUT2D eigenvalue weighted by Crippen LogP contribution is 2.18. The lowest BCUT2D eigenvalue weighted by atomic mass is 10.00. The molecule has 1 aromatic heterocycles. The van der Waals surface area contributed by atoms with E-state index in [1.807, 2.05) is 23.1 Å². The van der Waals surface area contributed by atoms with Crippen molar-refractivity contribution in [3.8, 4) is 0 Å². The van der Waals surface area contributed by atoms with E-state index in [2.05, 4.69) is 49.4 Å². The van der Waals surface area contributed by atoms with Crippen molar-refractivity contribution >= 4 is 0 Å². The maximum Gasteiger partial charge on any atom is 0.0534 e. The topological polar surface area (TPSA) is 29.9 Å². The molecule has 1 N–H and O–H groups in total. The van der Waals surface area contributed by atoms with Gasteiger partial charge in [-0.15, -0.1) is 0 Å². The van der Waals surface area contributed by atoms with Gasteiger partial charge in [-0.3, -0.25) is 4.68 Å². The molecule has 1 atom stereocenters. The summed E-state index contributed by atoms with van der Waals surface area (Å²) in [5.74, 6) is 0. The van der Waals surface area contributed by atoms with Crippen molar-refractivity contribution in [1.29, 1.82) is 0 Å². The number of hydrogen-bond donors (Lipinski definition) is 1. The standard InChI is InChI=1S/C15H21N3/c1-12-5-6-13(2)15(11-12)14(3)16-8-10-18-9-4-7-17-18/h4-7,9,11,14,16H,8,10H2,1-3H3. The summed E-state index contributed by atoms with van der Waals surface area (Å²) in [5, 5.41) is 7.74. The second-order valence-corrected chi connectivity index (χ2v) is 4.80. The van der Waals surface area contributed by atoms with Gasteiger partial charge in [0.1, 0.15) is 0 Å². The fourth-order valence-corrected chi connectivity index (χ4v) is 2.16. The zero-order valence-corrected chi connectivity index (χ0v) is 11.4. The molecule has 3 heteroatoms. The normalized spacial score (nSPS) is 12.6. The predicted molar refractivity (Wildman–Crippen MR) is 74.6 cm³/mol. The number of aryl methyl sites for hydroxylation is 2. The number of benzene rings is 1. The Bertz CT molecular complexity index is 488. The highest BCUT2D eigenvalue weighted by atomic mass is 15.3. The van der Waals surface area contributed by atoms with E-state index in [0.717, 1.165) is 13.1 Å². The summed E-state index contributed by atoms with van der Waals surface area (Å²) in [7, 11) is 0. The van der Waals surface area contributed by atoms with Crippen LogP contribution in [0.4, 0.5) is 0 Å². The third-order valence-electron chi connectivity index (χ3n) is 3.25. The molecule has 0 radical (unpaired) electrons. The van der Waals surface area contributed by atoms with Crippen LogP contribution in [0.3, 0.4) is 0 Å². The van der Waals surface area contributed by atoms with Gasteiger partial charge < -0.3 is 5.32 Å². The lowest BCUT2D eigenvalue weighted by Gasteiger charge is -2.17. The molecule has 0 aliphatic rings. The van der Waals surface area contributed by atoms with Crippen LogP contribution in [0.5, 0.6) is 0 Å². The molecule has 1 heterocycles. The molecule has 1 unspecified atom stereocenters. The van der Waals surface area contributed by atoms with Crippen LogP contribution >= 0.6 is 0 Å². The Kier molecular flexibility index (Phi) is 4.15. The van der Waals surface area contributed by atoms with Crippen molar-refractivity contribution in [2.45, 2.75) is 33.4 Å². The SMILES string of the molecule is Cc1ccc(C)c(C(C)NCCn2cccn2)c1. The number of nitrogens with zero attached hydrogens (tertiary/aromatic N) is 2. The van der Waals surface area contributed by atoms with E-state index in [1.165, 1.54) is 16.7 Å². The van der Waals surface area contributed by atoms with Crippen molar-refractivity contribution in [3.63, 3.8) is 0 Å². The second kappa shape index (κ2) is 5.83. The van der Waals surface area contributed by atoms with Gasteiger partial charge in [0, 0.05) is 25.0 Å². The minimum Gasteiger partial charge on any atom is -0.308 e. The van der Waals surface area contributed by atoms with Crippen LogP contribution in [0.2, 0.25) is 0 Å². The van der Waals surface area contributed by atoms with Gasteiger partial charge in [0.25, 0.3) is 0 Å². The Morgan fingerprint density at radius 2 is 2.17 bits per heavy atom. The van der Waals surface area contributed by atoms with E-state index in [-0.39, 0.29) is 0 Å². The molecule has 1 aromatic carbocycles. The van der Waals surface area contributed by atoms with Gasteiger partial charge in [-0.1, -0.05) is 23.8 Å². The Morgan fingerprint density at radius 1 is 1.33 bits per heavy atom. The molecular formula is C15H21N3. The molecule has 96 valence electrons. The van der Waals surface area contributed by atoms with E-state index >= 15 is 0 Å². The summed E-state index contributed by atoms with van der Waals surface area (Å²) >= 11 is 0. The van der Waals surface area contributed by atoms with Gasteiger partial charge in [0.2, 0.25) is 0 Å². The van der Waals surface area contributed by atoms with E-state index in [1.54, 1.807) is 0 Å². The summed E-state index contributed by atoms with van der Waals surface area (Å²) in [6, 6.07) is 8.95. The summed E-state index contributed by atoms with van der Waals surface area (Å²) in [6.07, 6.45) is 3.80. The highest BCUT2D eigenvalue weighted by Gasteiger charge is 2.07. The molecule has 2 rings (SSSR count). The highest BCUT2D eigenvalue weighted by molar-refractivity contribution is 5.32. The molecule has 0 aliphatic carbocycles. The quantitative estimate of drug-likeness (QED) is 0.875. The zero-order chi connectivity index (χ0) is 13.0. The molecule has 0 fully saturated rings. The Labute approximate surface area is 109 Å². The van der Waals surface area contributed by atoms with Crippen LogP contribution in [0.15, 0.2) is 36.7 Å². The molecule has 0 amide bonds. The molecule has 0 saturated heterocycles. The van der Waals surface area contributed by atoms with Crippen LogP contribution in [-0.4, -0.2) is 16.3 Å². The monoisotopic (exact) mass is 243 g/mol. The molecule has 0 saturated carbocycles. The Hall–Kier alpha value is -1.61. The van der Waals surface area contributed by atoms with Crippen LogP contribution in [0, 0.1) is 13.8 Å². The summed E-state index contributed by atoms with van der Waals surface area (Å²) < 4.78 is 1.95. The van der Waals surface area contributed by atoms with E-state index in [4.69, 9.17) is 0 Å². The van der Waals surface area contributed by atoms with Crippen LogP contribution in [-0.2, 0) is 6.54 Å². The lowest BCUT2D eigenvalue weighted by molar-refractivity contribution is 0.506. The number of aromatic nitrogens is 2. The average Bonchev–Trinajstić information content (AvgIpc) is 2.85. The van der Waals surface area contributed by atoms with Crippen molar-refractivity contribution in [2.75, 3.05) is 6.54 Å². The minimum atomic E-state index is 0.375. The largest absolute Gasteiger partial charge is 0.308 e. The predicted octanol–water partition coefficient (Wildman–Crippen LogP) is 2.85. The van der Waals surface area contributed by atoms with Gasteiger partial charge in [-0.25, -0.2) is 0 Å². The Morgan fingerprint density at radius 3 is 2.89 bits per heavy atom. The maximum absolute atomic E-state index is 4.19. The Balaban J connectivity index is 1.91. The van der Waals surface area contributed by atoms with Gasteiger partial charge >= 0.3 is 0 Å². The van der Waals surface area contributed by atoms with E-state index in [9.17, 15) is 0 Å². The second-order valence-electron chi connectivity index (χ2n) is 4.80. The first kappa shape index (κ1) is 12.8. The molecule has 0 spiro atoms. The molecule has 3 nitrogen and oxygen atoms in total. The average molecular weight is 243 g/mol. The number of nitrogens with one attached hydrogen (secondary N) is 1. The van der Waals surface area contributed by atoms with Crippen LogP contribution < -0.4 is 5.32 Å². The van der Waals surface area contributed by atoms with Crippen molar-refractivity contribution in [3.05, 3.63) is 53.3 Å². The smallest absolute Gasteiger partial charge is 0.0534 e. The zero-order valence-electron chi connectivity index (χ0n) is 11.4. The third-order valence-corrected chi connectivity index (χ3v) is 3.25. The first-order valence-electron chi connectivity index (χ1n) is 6.45. The summed E-state index contributed by atoms with van der Waals surface area (Å²) in [5.41, 5.74) is 4.05. The van der Waals surface area contributed by atoms with Crippen molar-refractivity contribution < 1.29 is 0 Å². The van der Waals surface area contributed by atoms with Gasteiger partial charge in [-0.05, 0) is 38.0 Å². The van der Waals surface area contributed by atoms with Crippen molar-refractivity contribution in [1.82, 2.24) is 15.1 Å². The minimum absolute atomic E-state index is 0.375. The first-order chi connectivity index (χ1) is 8.66. The van der Waals surface area contributed by atoms with Crippen molar-refractivity contribution in [2.24, 2.45) is 0 Å². The molecular weight excluding hydrogens is 222 g/mol. The summed E-state index contributed by atoms with van der Waals surface area (Å²) in [6.45, 7) is 8.35.